The van der Waals surface area contributed by atoms with E-state index in [2.05, 4.69) is 32.3 Å². The Morgan fingerprint density at radius 3 is 2.96 bits per heavy atom. The Balaban J connectivity index is 1.74. The molecule has 1 aromatic carbocycles. The van der Waals surface area contributed by atoms with Gasteiger partial charge in [-0.15, -0.1) is 0 Å². The van der Waals surface area contributed by atoms with Crippen molar-refractivity contribution in [2.45, 2.75) is 12.8 Å². The lowest BCUT2D eigenvalue weighted by Gasteiger charge is -2.34. The molecule has 128 valence electrons. The average molecular weight is 420 g/mol. The second-order valence-corrected chi connectivity index (χ2v) is 7.21. The minimum absolute atomic E-state index is 0.0647. The van der Waals surface area contributed by atoms with E-state index in [-0.39, 0.29) is 11.8 Å². The number of pyridine rings is 1. The van der Waals surface area contributed by atoms with Crippen LogP contribution in [0.25, 0.3) is 0 Å². The van der Waals surface area contributed by atoms with Gasteiger partial charge in [0, 0.05) is 23.8 Å². The molecular formula is C18H16BrClN4O. The fraction of sp³-hybridized carbons (Fsp3) is 0.278. The van der Waals surface area contributed by atoms with Gasteiger partial charge in [0.1, 0.15) is 11.9 Å². The van der Waals surface area contributed by atoms with Crippen LogP contribution in [0.1, 0.15) is 18.4 Å². The van der Waals surface area contributed by atoms with E-state index < -0.39 is 0 Å². The summed E-state index contributed by atoms with van der Waals surface area (Å²) in [4.78, 5) is 18.8. The summed E-state index contributed by atoms with van der Waals surface area (Å²) >= 11 is 9.63. The van der Waals surface area contributed by atoms with Gasteiger partial charge in [0.2, 0.25) is 5.91 Å². The van der Waals surface area contributed by atoms with Crippen LogP contribution < -0.4 is 10.2 Å². The van der Waals surface area contributed by atoms with E-state index in [1.54, 1.807) is 30.5 Å². The molecule has 2 heterocycles. The fourth-order valence-electron chi connectivity index (χ4n) is 3.00. The third kappa shape index (κ3) is 4.12. The predicted octanol–water partition coefficient (Wildman–Crippen LogP) is 4.22. The largest absolute Gasteiger partial charge is 0.368 e. The zero-order chi connectivity index (χ0) is 17.8. The molecule has 2 aromatic rings. The fourth-order valence-corrected chi connectivity index (χ4v) is 3.53. The third-order valence-electron chi connectivity index (χ3n) is 4.19. The van der Waals surface area contributed by atoms with E-state index >= 15 is 0 Å². The summed E-state index contributed by atoms with van der Waals surface area (Å²) in [5, 5.41) is 12.7. The molecule has 3 rings (SSSR count). The van der Waals surface area contributed by atoms with E-state index in [4.69, 9.17) is 11.6 Å². The highest BCUT2D eigenvalue weighted by molar-refractivity contribution is 9.10. The minimum atomic E-state index is -0.179. The van der Waals surface area contributed by atoms with Gasteiger partial charge in [-0.3, -0.25) is 4.79 Å². The number of para-hydroxylation sites is 1. The predicted molar refractivity (Wildman–Crippen MR) is 102 cm³/mol. The molecule has 1 N–H and O–H groups in total. The number of nitriles is 1. The monoisotopic (exact) mass is 418 g/mol. The van der Waals surface area contributed by atoms with Crippen LogP contribution in [-0.4, -0.2) is 24.0 Å². The lowest BCUT2D eigenvalue weighted by molar-refractivity contribution is -0.120. The Kier molecular flexibility index (Phi) is 5.57. The van der Waals surface area contributed by atoms with Gasteiger partial charge >= 0.3 is 0 Å². The molecular weight excluding hydrogens is 404 g/mol. The number of hydrogen-bond acceptors (Lipinski definition) is 4. The lowest BCUT2D eigenvalue weighted by atomic mass is 9.96. The van der Waals surface area contributed by atoms with Crippen LogP contribution in [0.4, 0.5) is 11.5 Å². The van der Waals surface area contributed by atoms with Gasteiger partial charge in [0.05, 0.1) is 22.2 Å². The Hall–Kier alpha value is -2.10. The minimum Gasteiger partial charge on any atom is -0.368 e. The first-order valence-corrected chi connectivity index (χ1v) is 9.11. The number of benzene rings is 1. The molecule has 1 unspecified atom stereocenters. The molecule has 0 saturated carbocycles. The van der Waals surface area contributed by atoms with Gasteiger partial charge in [-0.05, 0) is 53.0 Å². The summed E-state index contributed by atoms with van der Waals surface area (Å²) in [6, 6.07) is 11.0. The number of rotatable bonds is 3. The van der Waals surface area contributed by atoms with Crippen molar-refractivity contribution in [3.63, 3.8) is 0 Å². The van der Waals surface area contributed by atoms with E-state index in [0.29, 0.717) is 28.6 Å². The summed E-state index contributed by atoms with van der Waals surface area (Å²) in [5.41, 5.74) is 1.24. The summed E-state index contributed by atoms with van der Waals surface area (Å²) in [7, 11) is 0. The van der Waals surface area contributed by atoms with Crippen LogP contribution in [0.2, 0.25) is 5.02 Å². The summed E-state index contributed by atoms with van der Waals surface area (Å²) < 4.78 is 0.858. The first kappa shape index (κ1) is 17.7. The maximum atomic E-state index is 12.6. The van der Waals surface area contributed by atoms with Crippen LogP contribution in [0.5, 0.6) is 0 Å². The van der Waals surface area contributed by atoms with Gasteiger partial charge in [-0.25, -0.2) is 4.98 Å². The quantitative estimate of drug-likeness (QED) is 0.808. The van der Waals surface area contributed by atoms with Crippen LogP contribution in [0.3, 0.4) is 0 Å². The zero-order valence-corrected chi connectivity index (χ0v) is 15.7. The third-order valence-corrected chi connectivity index (χ3v) is 4.97. The smallest absolute Gasteiger partial charge is 0.230 e. The highest BCUT2D eigenvalue weighted by atomic mass is 79.9. The second kappa shape index (κ2) is 7.85. The number of nitrogens with zero attached hydrogens (tertiary/aromatic N) is 3. The highest BCUT2D eigenvalue weighted by Crippen LogP contribution is 2.33. The van der Waals surface area contributed by atoms with Gasteiger partial charge in [0.15, 0.2) is 0 Å². The molecule has 0 spiro atoms. The number of halogens is 2. The van der Waals surface area contributed by atoms with Crippen molar-refractivity contribution in [1.29, 1.82) is 5.26 Å². The van der Waals surface area contributed by atoms with E-state index in [9.17, 15) is 10.1 Å². The van der Waals surface area contributed by atoms with Crippen molar-refractivity contribution in [3.8, 4) is 6.07 Å². The maximum Gasteiger partial charge on any atom is 0.230 e. The van der Waals surface area contributed by atoms with Crippen molar-refractivity contribution in [1.82, 2.24) is 4.98 Å². The lowest BCUT2D eigenvalue weighted by Crippen LogP contribution is -2.41. The Morgan fingerprint density at radius 1 is 1.40 bits per heavy atom. The Bertz CT molecular complexity index is 819. The Morgan fingerprint density at radius 2 is 2.24 bits per heavy atom. The molecule has 0 radical (unpaired) electrons. The average Bonchev–Trinajstić information content (AvgIpc) is 2.63. The van der Waals surface area contributed by atoms with Crippen molar-refractivity contribution in [2.24, 2.45) is 5.92 Å². The topological polar surface area (TPSA) is 69.0 Å². The molecule has 1 fully saturated rings. The van der Waals surface area contributed by atoms with Crippen LogP contribution >= 0.6 is 27.5 Å². The number of carbonyl (C=O) groups is 1. The first-order chi connectivity index (χ1) is 12.1. The van der Waals surface area contributed by atoms with E-state index in [1.165, 1.54) is 0 Å². The molecule has 0 bridgehead atoms. The van der Waals surface area contributed by atoms with Gasteiger partial charge in [-0.1, -0.05) is 17.7 Å². The molecule has 25 heavy (non-hydrogen) atoms. The number of amides is 1. The summed E-state index contributed by atoms with van der Waals surface area (Å²) in [5.74, 6) is 0.285. The van der Waals surface area contributed by atoms with E-state index in [1.807, 2.05) is 11.0 Å². The number of carbonyl (C=O) groups excluding carboxylic acids is 1. The highest BCUT2D eigenvalue weighted by Gasteiger charge is 2.28. The number of hydrogen-bond donors (Lipinski definition) is 1. The molecule has 5 nitrogen and oxygen atoms in total. The van der Waals surface area contributed by atoms with Gasteiger partial charge in [0.25, 0.3) is 0 Å². The van der Waals surface area contributed by atoms with Crippen molar-refractivity contribution in [3.05, 3.63) is 51.6 Å². The van der Waals surface area contributed by atoms with Crippen molar-refractivity contribution in [2.75, 3.05) is 23.3 Å². The second-order valence-electron chi connectivity index (χ2n) is 5.88. The molecule has 1 atom stereocenters. The number of aromatic nitrogens is 1. The molecule has 7 heteroatoms. The van der Waals surface area contributed by atoms with Crippen LogP contribution in [-0.2, 0) is 4.79 Å². The summed E-state index contributed by atoms with van der Waals surface area (Å²) in [6.45, 7) is 1.31. The number of piperidine rings is 1. The van der Waals surface area contributed by atoms with Crippen molar-refractivity contribution < 1.29 is 4.79 Å². The molecule has 1 aromatic heterocycles. The molecule has 1 aliphatic rings. The van der Waals surface area contributed by atoms with Gasteiger partial charge < -0.3 is 10.2 Å². The van der Waals surface area contributed by atoms with Crippen molar-refractivity contribution >= 4 is 44.9 Å². The number of anilines is 2. The molecule has 1 amide bonds. The van der Waals surface area contributed by atoms with Gasteiger partial charge in [-0.2, -0.15) is 5.26 Å². The van der Waals surface area contributed by atoms with Crippen LogP contribution in [0.15, 0.2) is 41.0 Å². The molecule has 1 aliphatic heterocycles. The van der Waals surface area contributed by atoms with E-state index in [0.717, 1.165) is 23.9 Å². The number of nitrogens with one attached hydrogen (secondary N) is 1. The SMILES string of the molecule is N#Cc1cccc(Cl)c1N1CCCC(C(=O)Nc2ccc(Br)cn2)C1. The standard InChI is InChI=1S/C18H16BrClN4O/c19-14-6-7-16(22-10-14)23-18(25)13-4-2-8-24(11-13)17-12(9-21)3-1-5-15(17)20/h1,3,5-7,10,13H,2,4,8,11H2,(H,22,23,25). The normalized spacial score (nSPS) is 17.0. The maximum absolute atomic E-state index is 12.6. The summed E-state index contributed by atoms with van der Waals surface area (Å²) in [6.07, 6.45) is 3.30. The molecule has 0 aliphatic carbocycles. The Labute approximate surface area is 159 Å². The molecule has 1 saturated heterocycles. The van der Waals surface area contributed by atoms with Crippen LogP contribution in [0, 0.1) is 17.2 Å². The zero-order valence-electron chi connectivity index (χ0n) is 13.4. The first-order valence-electron chi connectivity index (χ1n) is 7.94.